The Morgan fingerprint density at radius 3 is 2.64 bits per heavy atom. The van der Waals surface area contributed by atoms with Crippen LogP contribution in [0.25, 0.3) is 0 Å². The predicted molar refractivity (Wildman–Crippen MR) is 97.0 cm³/mol. The molecule has 3 atom stereocenters. The number of carbonyl (C=O) groups excluding carboxylic acids is 3. The molecule has 0 radical (unpaired) electrons. The lowest BCUT2D eigenvalue weighted by atomic mass is 9.86. The minimum atomic E-state index is -0.872. The van der Waals surface area contributed by atoms with Crippen LogP contribution in [0.5, 0.6) is 0 Å². The van der Waals surface area contributed by atoms with Crippen molar-refractivity contribution in [2.75, 3.05) is 6.54 Å². The van der Waals surface area contributed by atoms with Gasteiger partial charge >= 0.3 is 6.03 Å². The number of nitrogens with one attached hydrogen (secondary N) is 2. The van der Waals surface area contributed by atoms with E-state index in [4.69, 9.17) is 0 Å². The molecule has 0 unspecified atom stereocenters. The minimum absolute atomic E-state index is 0.155. The van der Waals surface area contributed by atoms with E-state index in [9.17, 15) is 14.4 Å². The fourth-order valence-corrected chi connectivity index (χ4v) is 3.89. The van der Waals surface area contributed by atoms with Crippen molar-refractivity contribution in [2.45, 2.75) is 90.1 Å². The number of carbonyl (C=O) groups is 3. The van der Waals surface area contributed by atoms with E-state index in [1.807, 2.05) is 0 Å². The van der Waals surface area contributed by atoms with E-state index in [1.165, 1.54) is 6.42 Å². The standard InChI is InChI=1S/C19H33N3O3/c1-4-5-6-9-12-19(3)17(24)22(18(25)21-19)13-16(23)20-15-11-8-7-10-14(15)2/h14-15H,4-13H2,1-3H3,(H,20,23)(H,21,25)/t14-,15-,19+/m0/s1. The molecule has 0 bridgehead atoms. The van der Waals surface area contributed by atoms with Crippen LogP contribution in [0, 0.1) is 5.92 Å². The summed E-state index contributed by atoms with van der Waals surface area (Å²) in [6, 6.07) is -0.294. The summed E-state index contributed by atoms with van der Waals surface area (Å²) >= 11 is 0. The maximum Gasteiger partial charge on any atom is 0.325 e. The van der Waals surface area contributed by atoms with Gasteiger partial charge in [0.1, 0.15) is 12.1 Å². The van der Waals surface area contributed by atoms with Gasteiger partial charge in [-0.2, -0.15) is 0 Å². The van der Waals surface area contributed by atoms with Crippen LogP contribution in [0.1, 0.15) is 78.6 Å². The molecule has 0 spiro atoms. The molecule has 1 heterocycles. The number of imide groups is 1. The lowest BCUT2D eigenvalue weighted by molar-refractivity contribution is -0.135. The van der Waals surface area contributed by atoms with Gasteiger partial charge in [0.15, 0.2) is 0 Å². The van der Waals surface area contributed by atoms with Gasteiger partial charge in [-0.3, -0.25) is 14.5 Å². The van der Waals surface area contributed by atoms with E-state index < -0.39 is 11.6 Å². The van der Waals surface area contributed by atoms with E-state index in [0.717, 1.165) is 49.8 Å². The Kier molecular flexibility index (Phi) is 6.85. The zero-order valence-electron chi connectivity index (χ0n) is 15.9. The third-order valence-electron chi connectivity index (χ3n) is 5.64. The molecule has 2 fully saturated rings. The first-order chi connectivity index (χ1) is 11.9. The van der Waals surface area contributed by atoms with Crippen LogP contribution >= 0.6 is 0 Å². The maximum atomic E-state index is 12.7. The Hall–Kier alpha value is -1.59. The summed E-state index contributed by atoms with van der Waals surface area (Å²) < 4.78 is 0. The fraction of sp³-hybridized carbons (Fsp3) is 0.842. The maximum absolute atomic E-state index is 12.7. The molecular weight excluding hydrogens is 318 g/mol. The second-order valence-corrected chi connectivity index (χ2v) is 7.90. The largest absolute Gasteiger partial charge is 0.352 e. The van der Waals surface area contributed by atoms with Crippen molar-refractivity contribution >= 4 is 17.8 Å². The van der Waals surface area contributed by atoms with Gasteiger partial charge in [-0.15, -0.1) is 0 Å². The molecule has 0 aromatic carbocycles. The summed E-state index contributed by atoms with van der Waals surface area (Å²) in [5, 5.41) is 5.79. The van der Waals surface area contributed by atoms with Crippen molar-refractivity contribution in [3.8, 4) is 0 Å². The molecule has 2 aliphatic rings. The first-order valence-corrected chi connectivity index (χ1v) is 9.81. The average Bonchev–Trinajstić information content (AvgIpc) is 2.77. The summed E-state index contributed by atoms with van der Waals surface area (Å²) in [6.45, 7) is 5.86. The van der Waals surface area contributed by atoms with Crippen LogP contribution in [0.4, 0.5) is 4.79 Å². The van der Waals surface area contributed by atoms with E-state index >= 15 is 0 Å². The molecule has 6 heteroatoms. The number of amides is 4. The van der Waals surface area contributed by atoms with Crippen LogP contribution < -0.4 is 10.6 Å². The van der Waals surface area contributed by atoms with Crippen LogP contribution in [0.15, 0.2) is 0 Å². The van der Waals surface area contributed by atoms with Crippen LogP contribution in [-0.4, -0.2) is 40.9 Å². The first-order valence-electron chi connectivity index (χ1n) is 9.81. The third kappa shape index (κ3) is 4.95. The molecule has 1 saturated carbocycles. The van der Waals surface area contributed by atoms with Crippen molar-refractivity contribution < 1.29 is 14.4 Å². The highest BCUT2D eigenvalue weighted by atomic mass is 16.2. The molecule has 4 amide bonds. The van der Waals surface area contributed by atoms with Crippen molar-refractivity contribution in [3.63, 3.8) is 0 Å². The van der Waals surface area contributed by atoms with Gasteiger partial charge in [-0.05, 0) is 32.1 Å². The zero-order valence-corrected chi connectivity index (χ0v) is 15.9. The van der Waals surface area contributed by atoms with Crippen LogP contribution in [0.3, 0.4) is 0 Å². The number of nitrogens with zero attached hydrogens (tertiary/aromatic N) is 1. The van der Waals surface area contributed by atoms with Gasteiger partial charge in [-0.25, -0.2) is 4.79 Å². The Balaban J connectivity index is 1.87. The number of urea groups is 1. The summed E-state index contributed by atoms with van der Waals surface area (Å²) in [6.07, 6.45) is 9.24. The van der Waals surface area contributed by atoms with Crippen LogP contribution in [-0.2, 0) is 9.59 Å². The molecule has 2 rings (SSSR count). The zero-order chi connectivity index (χ0) is 18.4. The summed E-state index contributed by atoms with van der Waals surface area (Å²) in [4.78, 5) is 38.3. The molecular formula is C19H33N3O3. The van der Waals surface area contributed by atoms with Gasteiger partial charge in [0, 0.05) is 6.04 Å². The first kappa shape index (κ1) is 19.7. The number of unbranched alkanes of at least 4 members (excludes halogenated alkanes) is 3. The third-order valence-corrected chi connectivity index (χ3v) is 5.64. The highest BCUT2D eigenvalue weighted by Crippen LogP contribution is 2.25. The molecule has 25 heavy (non-hydrogen) atoms. The summed E-state index contributed by atoms with van der Waals surface area (Å²) in [7, 11) is 0. The lowest BCUT2D eigenvalue weighted by Crippen LogP contribution is -2.48. The van der Waals surface area contributed by atoms with Gasteiger partial charge in [0.05, 0.1) is 0 Å². The van der Waals surface area contributed by atoms with Gasteiger partial charge in [0.25, 0.3) is 5.91 Å². The molecule has 142 valence electrons. The Morgan fingerprint density at radius 2 is 1.96 bits per heavy atom. The highest BCUT2D eigenvalue weighted by molar-refractivity contribution is 6.08. The second-order valence-electron chi connectivity index (χ2n) is 7.90. The smallest absolute Gasteiger partial charge is 0.325 e. The monoisotopic (exact) mass is 351 g/mol. The SMILES string of the molecule is CCCCCC[C@@]1(C)NC(=O)N(CC(=O)N[C@H]2CCCC[C@@H]2C)C1=O. The van der Waals surface area contributed by atoms with Crippen molar-refractivity contribution in [2.24, 2.45) is 5.92 Å². The van der Waals surface area contributed by atoms with Gasteiger partial charge in [0.2, 0.25) is 5.91 Å². The topological polar surface area (TPSA) is 78.5 Å². The lowest BCUT2D eigenvalue weighted by Gasteiger charge is -2.30. The second kappa shape index (κ2) is 8.68. The Morgan fingerprint density at radius 1 is 1.24 bits per heavy atom. The quantitative estimate of drug-likeness (QED) is 0.521. The van der Waals surface area contributed by atoms with Crippen molar-refractivity contribution in [1.82, 2.24) is 15.5 Å². The number of hydrogen-bond donors (Lipinski definition) is 2. The predicted octanol–water partition coefficient (Wildman–Crippen LogP) is 2.96. The minimum Gasteiger partial charge on any atom is -0.352 e. The highest BCUT2D eigenvalue weighted by Gasteiger charge is 2.47. The van der Waals surface area contributed by atoms with Crippen LogP contribution in [0.2, 0.25) is 0 Å². The normalized spacial score (nSPS) is 29.6. The van der Waals surface area contributed by atoms with Crippen molar-refractivity contribution in [3.05, 3.63) is 0 Å². The van der Waals surface area contributed by atoms with E-state index in [1.54, 1.807) is 6.92 Å². The fourth-order valence-electron chi connectivity index (χ4n) is 3.89. The molecule has 6 nitrogen and oxygen atoms in total. The van der Waals surface area contributed by atoms with E-state index in [-0.39, 0.29) is 24.4 Å². The number of hydrogen-bond acceptors (Lipinski definition) is 3. The number of rotatable bonds is 8. The molecule has 1 aliphatic carbocycles. The summed E-state index contributed by atoms with van der Waals surface area (Å²) in [5.74, 6) is -0.0667. The summed E-state index contributed by atoms with van der Waals surface area (Å²) in [5.41, 5.74) is -0.872. The van der Waals surface area contributed by atoms with Crippen molar-refractivity contribution in [1.29, 1.82) is 0 Å². The molecule has 0 aromatic rings. The van der Waals surface area contributed by atoms with E-state index in [0.29, 0.717) is 12.3 Å². The Bertz CT molecular complexity index is 508. The molecule has 2 N–H and O–H groups in total. The Labute approximate surface area is 151 Å². The van der Waals surface area contributed by atoms with E-state index in [2.05, 4.69) is 24.5 Å². The average molecular weight is 351 g/mol. The molecule has 1 saturated heterocycles. The van der Waals surface area contributed by atoms with Gasteiger partial charge < -0.3 is 10.6 Å². The molecule has 1 aliphatic heterocycles. The molecule has 0 aromatic heterocycles. The van der Waals surface area contributed by atoms with Gasteiger partial charge in [-0.1, -0.05) is 52.4 Å².